The summed E-state index contributed by atoms with van der Waals surface area (Å²) in [7, 11) is 0. The lowest BCUT2D eigenvalue weighted by Crippen LogP contribution is -2.05. The summed E-state index contributed by atoms with van der Waals surface area (Å²) >= 11 is 5.87. The number of benzene rings is 1. The molecule has 0 unspecified atom stereocenters. The Labute approximate surface area is 89.3 Å². The Morgan fingerprint density at radius 1 is 1.47 bits per heavy atom. The fourth-order valence-electron chi connectivity index (χ4n) is 1.34. The maximum absolute atomic E-state index is 11.2. The summed E-state index contributed by atoms with van der Waals surface area (Å²) in [5.41, 5.74) is 0.0144. The molecule has 4 nitrogen and oxygen atoms in total. The van der Waals surface area contributed by atoms with E-state index in [1.807, 2.05) is 6.07 Å². The number of nitrogens with zero attached hydrogens (tertiary/aromatic N) is 1. The molecule has 2 aromatic rings. The Hall–Kier alpha value is -1.99. The van der Waals surface area contributed by atoms with Gasteiger partial charge in [0, 0.05) is 5.39 Å². The molecule has 0 aliphatic carbocycles. The first-order chi connectivity index (χ1) is 7.13. The van der Waals surface area contributed by atoms with Crippen molar-refractivity contribution in [3.05, 3.63) is 39.1 Å². The van der Waals surface area contributed by atoms with Crippen molar-refractivity contribution in [3.8, 4) is 11.8 Å². The van der Waals surface area contributed by atoms with Gasteiger partial charge in [0.25, 0.3) is 5.56 Å². The van der Waals surface area contributed by atoms with Crippen LogP contribution in [0.15, 0.2) is 23.0 Å². The lowest BCUT2D eigenvalue weighted by Gasteiger charge is -2.02. The lowest BCUT2D eigenvalue weighted by molar-refractivity contribution is 0.468. The quantitative estimate of drug-likeness (QED) is 0.710. The zero-order valence-electron chi connectivity index (χ0n) is 7.41. The zero-order chi connectivity index (χ0) is 11.0. The van der Waals surface area contributed by atoms with Crippen molar-refractivity contribution in [2.24, 2.45) is 0 Å². The monoisotopic (exact) mass is 220 g/mol. The molecule has 0 saturated carbocycles. The van der Waals surface area contributed by atoms with E-state index in [1.165, 1.54) is 12.1 Å². The zero-order valence-corrected chi connectivity index (χ0v) is 8.17. The van der Waals surface area contributed by atoms with Gasteiger partial charge in [0.15, 0.2) is 5.75 Å². The number of aromatic amines is 1. The van der Waals surface area contributed by atoms with Gasteiger partial charge in [-0.1, -0.05) is 11.6 Å². The normalized spacial score (nSPS) is 10.1. The summed E-state index contributed by atoms with van der Waals surface area (Å²) in [4.78, 5) is 13.6. The van der Waals surface area contributed by atoms with Crippen molar-refractivity contribution in [1.82, 2.24) is 4.98 Å². The number of fused-ring (bicyclic) bond motifs is 1. The first-order valence-corrected chi connectivity index (χ1v) is 4.46. The fraction of sp³-hybridized carbons (Fsp3) is 0. The van der Waals surface area contributed by atoms with Gasteiger partial charge in [-0.2, -0.15) is 5.26 Å². The van der Waals surface area contributed by atoms with Crippen molar-refractivity contribution < 1.29 is 5.11 Å². The number of nitrogens with one attached hydrogen (secondary N) is 1. The highest BCUT2D eigenvalue weighted by Gasteiger charge is 2.08. The number of hydrogen-bond donors (Lipinski definition) is 2. The fourth-order valence-corrected chi connectivity index (χ4v) is 1.55. The van der Waals surface area contributed by atoms with Crippen LogP contribution >= 0.6 is 11.6 Å². The molecule has 0 aliphatic rings. The third-order valence-corrected chi connectivity index (χ3v) is 2.39. The second-order valence-corrected chi connectivity index (χ2v) is 3.39. The Balaban J connectivity index is 3.03. The van der Waals surface area contributed by atoms with Crippen molar-refractivity contribution in [3.63, 3.8) is 0 Å². The number of aromatic nitrogens is 1. The summed E-state index contributed by atoms with van der Waals surface area (Å²) < 4.78 is 0. The molecule has 5 heteroatoms. The molecule has 0 spiro atoms. The van der Waals surface area contributed by atoms with Crippen molar-refractivity contribution in [2.75, 3.05) is 0 Å². The molecule has 0 radical (unpaired) electrons. The number of aromatic hydroxyl groups is 1. The maximum atomic E-state index is 11.2. The molecule has 0 fully saturated rings. The number of H-pyrrole nitrogens is 1. The second kappa shape index (κ2) is 3.30. The Kier molecular flexibility index (Phi) is 2.10. The van der Waals surface area contributed by atoms with Crippen LogP contribution in [0.1, 0.15) is 5.56 Å². The largest absolute Gasteiger partial charge is 0.503 e. The summed E-state index contributed by atoms with van der Waals surface area (Å²) in [5, 5.41) is 18.9. The van der Waals surface area contributed by atoms with E-state index < -0.39 is 11.3 Å². The van der Waals surface area contributed by atoms with Gasteiger partial charge in [-0.25, -0.2) is 0 Å². The Morgan fingerprint density at radius 3 is 2.87 bits per heavy atom. The third kappa shape index (κ3) is 1.43. The van der Waals surface area contributed by atoms with Crippen LogP contribution in [0.5, 0.6) is 5.75 Å². The predicted molar refractivity (Wildman–Crippen MR) is 56.0 cm³/mol. The van der Waals surface area contributed by atoms with Gasteiger partial charge in [-0.15, -0.1) is 0 Å². The summed E-state index contributed by atoms with van der Waals surface area (Å²) in [6, 6.07) is 6.23. The minimum Gasteiger partial charge on any atom is -0.503 e. The van der Waals surface area contributed by atoms with Crippen molar-refractivity contribution in [1.29, 1.82) is 5.26 Å². The molecule has 2 N–H and O–H groups in total. The average molecular weight is 221 g/mol. The molecule has 0 aliphatic heterocycles. The van der Waals surface area contributed by atoms with Crippen LogP contribution in [-0.4, -0.2) is 10.1 Å². The Bertz CT molecular complexity index is 640. The first kappa shape index (κ1) is 9.56. The second-order valence-electron chi connectivity index (χ2n) is 2.98. The van der Waals surface area contributed by atoms with Gasteiger partial charge >= 0.3 is 0 Å². The van der Waals surface area contributed by atoms with E-state index >= 15 is 0 Å². The van der Waals surface area contributed by atoms with Crippen LogP contribution in [0.2, 0.25) is 5.02 Å². The van der Waals surface area contributed by atoms with Gasteiger partial charge < -0.3 is 10.1 Å². The molecule has 0 amide bonds. The summed E-state index contributed by atoms with van der Waals surface area (Å²) in [6.45, 7) is 0. The van der Waals surface area contributed by atoms with Gasteiger partial charge in [0.2, 0.25) is 0 Å². The highest BCUT2D eigenvalue weighted by atomic mass is 35.5. The van der Waals surface area contributed by atoms with Gasteiger partial charge in [-0.3, -0.25) is 4.79 Å². The van der Waals surface area contributed by atoms with E-state index in [0.29, 0.717) is 21.5 Å². The standard InChI is InChI=1S/C10H5ClN2O2/c11-7-2-1-5(4-12)9-6(7)3-8(14)10(15)13-9/h1-3,14H,(H,13,15). The van der Waals surface area contributed by atoms with E-state index in [-0.39, 0.29) is 0 Å². The van der Waals surface area contributed by atoms with Crippen LogP contribution in [0.25, 0.3) is 10.9 Å². The SMILES string of the molecule is N#Cc1ccc(Cl)c2cc(O)c(=O)[nH]c12. The number of pyridine rings is 1. The average Bonchev–Trinajstić information content (AvgIpc) is 2.22. The van der Waals surface area contributed by atoms with Crippen LogP contribution in [-0.2, 0) is 0 Å². The lowest BCUT2D eigenvalue weighted by atomic mass is 10.1. The number of halogens is 1. The number of rotatable bonds is 0. The van der Waals surface area contributed by atoms with E-state index in [0.717, 1.165) is 0 Å². The van der Waals surface area contributed by atoms with E-state index in [1.54, 1.807) is 6.07 Å². The molecular weight excluding hydrogens is 216 g/mol. The van der Waals surface area contributed by atoms with Crippen LogP contribution in [0, 0.1) is 11.3 Å². The van der Waals surface area contributed by atoms with Crippen molar-refractivity contribution in [2.45, 2.75) is 0 Å². The molecule has 15 heavy (non-hydrogen) atoms. The van der Waals surface area contributed by atoms with E-state index in [2.05, 4.69) is 4.98 Å². The van der Waals surface area contributed by atoms with Crippen molar-refractivity contribution >= 4 is 22.5 Å². The van der Waals surface area contributed by atoms with Gasteiger partial charge in [-0.05, 0) is 18.2 Å². The van der Waals surface area contributed by atoms with E-state index in [9.17, 15) is 9.90 Å². The van der Waals surface area contributed by atoms with Gasteiger partial charge in [0.1, 0.15) is 6.07 Å². The molecule has 1 aromatic heterocycles. The minimum absolute atomic E-state index is 0.312. The predicted octanol–water partition coefficient (Wildman–Crippen LogP) is 1.76. The summed E-state index contributed by atoms with van der Waals surface area (Å²) in [5.74, 6) is -0.417. The molecule has 0 atom stereocenters. The molecule has 74 valence electrons. The number of nitriles is 1. The van der Waals surface area contributed by atoms with Gasteiger partial charge in [0.05, 0.1) is 16.1 Å². The van der Waals surface area contributed by atoms with Crippen LogP contribution in [0.3, 0.4) is 0 Å². The molecule has 1 heterocycles. The topological polar surface area (TPSA) is 76.9 Å². The van der Waals surface area contributed by atoms with Crippen LogP contribution < -0.4 is 5.56 Å². The highest BCUT2D eigenvalue weighted by molar-refractivity contribution is 6.35. The van der Waals surface area contributed by atoms with E-state index in [4.69, 9.17) is 16.9 Å². The Morgan fingerprint density at radius 2 is 2.20 bits per heavy atom. The molecule has 1 aromatic carbocycles. The van der Waals surface area contributed by atoms with Crippen LogP contribution in [0.4, 0.5) is 0 Å². The maximum Gasteiger partial charge on any atom is 0.290 e. The number of hydrogen-bond acceptors (Lipinski definition) is 3. The third-order valence-electron chi connectivity index (χ3n) is 2.06. The molecular formula is C10H5ClN2O2. The molecule has 0 bridgehead atoms. The first-order valence-electron chi connectivity index (χ1n) is 4.08. The highest BCUT2D eigenvalue weighted by Crippen LogP contribution is 2.25. The molecule has 0 saturated heterocycles. The molecule has 2 rings (SSSR count). The minimum atomic E-state index is -0.638. The smallest absolute Gasteiger partial charge is 0.290 e. The summed E-state index contributed by atoms with van der Waals surface area (Å²) in [6.07, 6.45) is 0.